The average molecular weight is 360 g/mol. The maximum Gasteiger partial charge on any atom is 0.0471 e. The van der Waals surface area contributed by atoms with Gasteiger partial charge in [-0.05, 0) is 66.3 Å². The van der Waals surface area contributed by atoms with Crippen LogP contribution in [0, 0.1) is 0 Å². The zero-order valence-electron chi connectivity index (χ0n) is 16.8. The summed E-state index contributed by atoms with van der Waals surface area (Å²) in [5.74, 6) is 0. The lowest BCUT2D eigenvalue weighted by Crippen LogP contribution is -2.05. The van der Waals surface area contributed by atoms with Crippen molar-refractivity contribution in [1.82, 2.24) is 0 Å². The highest BCUT2D eigenvalue weighted by Gasteiger charge is 2.10. The van der Waals surface area contributed by atoms with Crippen molar-refractivity contribution < 1.29 is 5.11 Å². The van der Waals surface area contributed by atoms with Gasteiger partial charge in [0.25, 0.3) is 0 Å². The summed E-state index contributed by atoms with van der Waals surface area (Å²) in [5, 5.41) is 13.1. The minimum absolute atomic E-state index is 0.166. The smallest absolute Gasteiger partial charge is 0.0471 e. The molecule has 0 bridgehead atoms. The van der Waals surface area contributed by atoms with Gasteiger partial charge in [0.1, 0.15) is 0 Å². The Balaban J connectivity index is 2.95. The summed E-state index contributed by atoms with van der Waals surface area (Å²) in [4.78, 5) is 2.87. The molecule has 0 aliphatic carbocycles. The van der Waals surface area contributed by atoms with Gasteiger partial charge in [-0.15, -0.1) is 0 Å². The quantitative estimate of drug-likeness (QED) is 0.169. The number of aliphatic hydroxyl groups is 1. The lowest BCUT2D eigenvalue weighted by atomic mass is 9.90. The molecule has 1 rings (SSSR count). The third kappa shape index (κ3) is 8.73. The molecule has 0 spiro atoms. The average Bonchev–Trinajstić information content (AvgIpc) is 2.65. The molecule has 0 heterocycles. The van der Waals surface area contributed by atoms with Gasteiger partial charge in [-0.3, -0.25) is 0 Å². The number of benzene rings is 1. The Labute approximate surface area is 159 Å². The highest BCUT2D eigenvalue weighted by Crippen LogP contribution is 2.23. The van der Waals surface area contributed by atoms with E-state index in [1.165, 1.54) is 73.6 Å². The molecule has 1 aromatic rings. The number of aryl methyl sites for hydroxylation is 2. The van der Waals surface area contributed by atoms with Crippen LogP contribution in [-0.4, -0.2) is 18.3 Å². The molecule has 1 aromatic carbocycles. The number of hydrogen-bond acceptors (Lipinski definition) is 2. The van der Waals surface area contributed by atoms with Crippen molar-refractivity contribution in [2.75, 3.05) is 13.2 Å². The molecule has 4 heteroatoms. The summed E-state index contributed by atoms with van der Waals surface area (Å²) < 4.78 is 0. The minimum Gasteiger partial charge on any atom is -0.396 e. The molecule has 0 saturated heterocycles. The van der Waals surface area contributed by atoms with Crippen LogP contribution in [0.2, 0.25) is 0 Å². The number of hydrogen-bond donors (Lipinski definition) is 1. The molecule has 0 unspecified atom stereocenters. The zero-order chi connectivity index (χ0) is 19.0. The van der Waals surface area contributed by atoms with Crippen LogP contribution in [0.4, 0.5) is 0 Å². The molecule has 0 aromatic heterocycles. The summed E-state index contributed by atoms with van der Waals surface area (Å²) in [5.41, 5.74) is 13.9. The minimum atomic E-state index is 0.166. The lowest BCUT2D eigenvalue weighted by Gasteiger charge is -2.16. The molecular formula is C22H37N3O. The molecule has 4 nitrogen and oxygen atoms in total. The molecule has 0 radical (unpaired) electrons. The summed E-state index contributed by atoms with van der Waals surface area (Å²) in [7, 11) is 0. The van der Waals surface area contributed by atoms with Gasteiger partial charge in [-0.2, -0.15) is 0 Å². The second kappa shape index (κ2) is 14.6. The summed E-state index contributed by atoms with van der Waals surface area (Å²) >= 11 is 0. The highest BCUT2D eigenvalue weighted by molar-refractivity contribution is 5.39. The van der Waals surface area contributed by atoms with Gasteiger partial charge >= 0.3 is 0 Å². The first-order valence-corrected chi connectivity index (χ1v) is 10.5. The fourth-order valence-electron chi connectivity index (χ4n) is 3.54. The van der Waals surface area contributed by atoms with Crippen LogP contribution in [0.3, 0.4) is 0 Å². The fraction of sp³-hybridized carbons (Fsp3) is 0.727. The van der Waals surface area contributed by atoms with Crippen molar-refractivity contribution in [1.29, 1.82) is 0 Å². The first kappa shape index (κ1) is 22.5. The molecule has 0 saturated carbocycles. The fourth-order valence-corrected chi connectivity index (χ4v) is 3.54. The van der Waals surface area contributed by atoms with Gasteiger partial charge in [-0.1, -0.05) is 69.6 Å². The predicted octanol–water partition coefficient (Wildman–Crippen LogP) is 6.32. The standard InChI is InChI=1S/C22H37N3O/c1-3-5-7-9-11-19-17-21(13-15-24-25-23)22(14-16-26)18-20(19)12-10-8-6-4-2/h17-18,26H,3-16H2,1-2H3. The topological polar surface area (TPSA) is 69.0 Å². The van der Waals surface area contributed by atoms with Crippen molar-refractivity contribution in [3.8, 4) is 0 Å². The largest absolute Gasteiger partial charge is 0.396 e. The molecule has 0 atom stereocenters. The van der Waals surface area contributed by atoms with E-state index < -0.39 is 0 Å². The molecular weight excluding hydrogens is 322 g/mol. The number of nitrogens with zero attached hydrogens (tertiary/aromatic N) is 3. The summed E-state index contributed by atoms with van der Waals surface area (Å²) in [6.07, 6.45) is 13.9. The van der Waals surface area contributed by atoms with Gasteiger partial charge in [0.2, 0.25) is 0 Å². The van der Waals surface area contributed by atoms with Crippen molar-refractivity contribution in [2.45, 2.75) is 90.9 Å². The van der Waals surface area contributed by atoms with E-state index in [0.29, 0.717) is 13.0 Å². The van der Waals surface area contributed by atoms with Gasteiger partial charge in [0.05, 0.1) is 0 Å². The van der Waals surface area contributed by atoms with Crippen LogP contribution in [0.5, 0.6) is 0 Å². The van der Waals surface area contributed by atoms with E-state index in [2.05, 4.69) is 36.0 Å². The van der Waals surface area contributed by atoms with Gasteiger partial charge < -0.3 is 5.11 Å². The third-order valence-electron chi connectivity index (χ3n) is 5.05. The third-order valence-corrected chi connectivity index (χ3v) is 5.05. The number of azide groups is 1. The van der Waals surface area contributed by atoms with Crippen LogP contribution < -0.4 is 0 Å². The zero-order valence-corrected chi connectivity index (χ0v) is 16.8. The van der Waals surface area contributed by atoms with Crippen molar-refractivity contribution in [3.05, 3.63) is 44.8 Å². The van der Waals surface area contributed by atoms with Crippen molar-refractivity contribution >= 4 is 0 Å². The van der Waals surface area contributed by atoms with Crippen LogP contribution in [0.15, 0.2) is 17.2 Å². The Morgan fingerprint density at radius 3 is 1.73 bits per heavy atom. The van der Waals surface area contributed by atoms with E-state index >= 15 is 0 Å². The molecule has 0 aliphatic rings. The Morgan fingerprint density at radius 2 is 1.27 bits per heavy atom. The SMILES string of the molecule is CCCCCCc1cc(CCO)c(CCN=[N+]=[N-])cc1CCCCCC. The molecule has 1 N–H and O–H groups in total. The summed E-state index contributed by atoms with van der Waals surface area (Å²) in [6, 6.07) is 4.65. The summed E-state index contributed by atoms with van der Waals surface area (Å²) in [6.45, 7) is 5.15. The molecule has 146 valence electrons. The van der Waals surface area contributed by atoms with E-state index in [9.17, 15) is 5.11 Å². The number of aliphatic hydroxyl groups excluding tert-OH is 1. The van der Waals surface area contributed by atoms with Gasteiger partial charge in [-0.25, -0.2) is 0 Å². The van der Waals surface area contributed by atoms with E-state index in [1.54, 1.807) is 0 Å². The monoisotopic (exact) mass is 359 g/mol. The van der Waals surface area contributed by atoms with Gasteiger partial charge in [0.15, 0.2) is 0 Å². The van der Waals surface area contributed by atoms with Crippen molar-refractivity contribution in [2.24, 2.45) is 5.11 Å². The maximum absolute atomic E-state index is 9.44. The second-order valence-corrected chi connectivity index (χ2v) is 7.19. The number of unbranched alkanes of at least 4 members (excludes halogenated alkanes) is 6. The molecule has 0 amide bonds. The van der Waals surface area contributed by atoms with Gasteiger partial charge in [0, 0.05) is 18.1 Å². The second-order valence-electron chi connectivity index (χ2n) is 7.19. The molecule has 0 aliphatic heterocycles. The Kier molecular flexibility index (Phi) is 12.7. The van der Waals surface area contributed by atoms with Crippen LogP contribution in [-0.2, 0) is 25.7 Å². The Hall–Kier alpha value is -1.51. The Bertz CT molecular complexity index is 551. The van der Waals surface area contributed by atoms with Crippen LogP contribution in [0.1, 0.15) is 87.5 Å². The lowest BCUT2D eigenvalue weighted by molar-refractivity contribution is 0.299. The maximum atomic E-state index is 9.44. The molecule has 26 heavy (non-hydrogen) atoms. The van der Waals surface area contributed by atoms with Crippen LogP contribution in [0.25, 0.3) is 10.4 Å². The Morgan fingerprint density at radius 1 is 0.769 bits per heavy atom. The van der Waals surface area contributed by atoms with E-state index in [4.69, 9.17) is 5.53 Å². The van der Waals surface area contributed by atoms with E-state index in [-0.39, 0.29) is 6.61 Å². The first-order valence-electron chi connectivity index (χ1n) is 10.5. The molecule has 0 fully saturated rings. The predicted molar refractivity (Wildman–Crippen MR) is 111 cm³/mol. The number of rotatable bonds is 15. The van der Waals surface area contributed by atoms with Crippen molar-refractivity contribution in [3.63, 3.8) is 0 Å². The van der Waals surface area contributed by atoms with Crippen LogP contribution >= 0.6 is 0 Å². The highest BCUT2D eigenvalue weighted by atomic mass is 16.2. The van der Waals surface area contributed by atoms with E-state index in [1.807, 2.05) is 0 Å². The first-order chi connectivity index (χ1) is 12.8. The van der Waals surface area contributed by atoms with E-state index in [0.717, 1.165) is 19.3 Å². The normalized spacial score (nSPS) is 10.7.